The monoisotopic (exact) mass is 805 g/mol. The van der Waals surface area contributed by atoms with Crippen LogP contribution in [0.25, 0.3) is 94.2 Å². The predicted octanol–water partition coefficient (Wildman–Crippen LogP) is 16.2. The topological polar surface area (TPSA) is 34.2 Å². The number of aromatic nitrogens is 2. The number of anilines is 3. The van der Waals surface area contributed by atoms with E-state index >= 15 is 0 Å². The lowest BCUT2D eigenvalue weighted by Gasteiger charge is -2.26. The lowest BCUT2D eigenvalue weighted by atomic mass is 9.98. The summed E-state index contributed by atoms with van der Waals surface area (Å²) in [6, 6.07) is 84.1. The van der Waals surface area contributed by atoms with Crippen LogP contribution in [0.5, 0.6) is 0 Å². The number of oxazole rings is 1. The molecule has 4 nitrogen and oxygen atoms in total. The molecule has 63 heavy (non-hydrogen) atoms. The fourth-order valence-corrected chi connectivity index (χ4v) is 9.18. The van der Waals surface area contributed by atoms with E-state index in [-0.39, 0.29) is 0 Å². The lowest BCUT2D eigenvalue weighted by Crippen LogP contribution is -2.10. The molecule has 0 atom stereocenters. The number of nitrogens with zero attached hydrogens (tertiary/aromatic N) is 3. The Morgan fingerprint density at radius 2 is 0.921 bits per heavy atom. The van der Waals surface area contributed by atoms with Gasteiger partial charge >= 0.3 is 0 Å². The lowest BCUT2D eigenvalue weighted by molar-refractivity contribution is 0.620. The van der Waals surface area contributed by atoms with Crippen LogP contribution >= 0.6 is 0 Å². The van der Waals surface area contributed by atoms with Gasteiger partial charge in [0, 0.05) is 33.4 Å². The van der Waals surface area contributed by atoms with Crippen molar-refractivity contribution in [1.29, 1.82) is 0 Å². The molecule has 0 N–H and O–H groups in total. The standard InChI is InChI=1S/C59H39N3O/c1-4-14-40(15-5-1)45-19-12-20-46(38-45)41-26-32-49(33-27-41)61(56-25-13-24-53-58(56)63-59(60-53)44-17-6-2-7-18-44)50-34-28-42(29-35-50)47-31-36-54-52(39-47)57-51-23-11-10-16-43(51)30-37-55(57)62(54)48-21-8-3-9-22-48/h1-39H. The summed E-state index contributed by atoms with van der Waals surface area (Å²) in [7, 11) is 0. The van der Waals surface area contributed by atoms with Crippen molar-refractivity contribution in [2.24, 2.45) is 0 Å². The molecule has 0 spiro atoms. The highest BCUT2D eigenvalue weighted by atomic mass is 16.3. The number of hydrogen-bond acceptors (Lipinski definition) is 3. The van der Waals surface area contributed by atoms with Crippen LogP contribution in [0.15, 0.2) is 241 Å². The second-order valence-electron chi connectivity index (χ2n) is 16.0. The molecule has 2 aromatic heterocycles. The van der Waals surface area contributed by atoms with Gasteiger partial charge in [-0.2, -0.15) is 0 Å². The predicted molar refractivity (Wildman–Crippen MR) is 262 cm³/mol. The third kappa shape index (κ3) is 6.44. The molecular weight excluding hydrogens is 767 g/mol. The first kappa shape index (κ1) is 36.4. The van der Waals surface area contributed by atoms with Crippen molar-refractivity contribution < 1.29 is 4.42 Å². The molecule has 0 fully saturated rings. The van der Waals surface area contributed by atoms with E-state index < -0.39 is 0 Å². The molecule has 296 valence electrons. The number of rotatable bonds is 8. The molecule has 4 heteroatoms. The second-order valence-corrected chi connectivity index (χ2v) is 16.0. The Bertz CT molecular complexity index is 3590. The van der Waals surface area contributed by atoms with Crippen LogP contribution in [0.1, 0.15) is 0 Å². The van der Waals surface area contributed by atoms with Crippen LogP contribution < -0.4 is 4.90 Å². The van der Waals surface area contributed by atoms with E-state index in [2.05, 4.69) is 210 Å². The molecule has 0 unspecified atom stereocenters. The van der Waals surface area contributed by atoms with E-state index in [0.29, 0.717) is 5.89 Å². The van der Waals surface area contributed by atoms with Crippen molar-refractivity contribution in [3.63, 3.8) is 0 Å². The van der Waals surface area contributed by atoms with E-state index in [9.17, 15) is 0 Å². The molecule has 0 amide bonds. The van der Waals surface area contributed by atoms with Crippen LogP contribution in [0.4, 0.5) is 17.1 Å². The first-order valence-corrected chi connectivity index (χ1v) is 21.4. The van der Waals surface area contributed by atoms with Crippen LogP contribution in [0.3, 0.4) is 0 Å². The zero-order valence-corrected chi connectivity index (χ0v) is 34.3. The van der Waals surface area contributed by atoms with Gasteiger partial charge in [0.2, 0.25) is 5.89 Å². The van der Waals surface area contributed by atoms with Gasteiger partial charge in [0.25, 0.3) is 0 Å². The Labute approximate surface area is 365 Å². The van der Waals surface area contributed by atoms with Crippen LogP contribution in [-0.2, 0) is 0 Å². The summed E-state index contributed by atoms with van der Waals surface area (Å²) in [5, 5.41) is 4.99. The molecular formula is C59H39N3O. The quantitative estimate of drug-likeness (QED) is 0.153. The van der Waals surface area contributed by atoms with Gasteiger partial charge < -0.3 is 13.9 Å². The van der Waals surface area contributed by atoms with Gasteiger partial charge in [-0.05, 0) is 129 Å². The van der Waals surface area contributed by atoms with Gasteiger partial charge in [-0.25, -0.2) is 4.98 Å². The minimum atomic E-state index is 0.596. The summed E-state index contributed by atoms with van der Waals surface area (Å²) < 4.78 is 9.03. The van der Waals surface area contributed by atoms with Gasteiger partial charge in [-0.15, -0.1) is 0 Å². The third-order valence-electron chi connectivity index (χ3n) is 12.2. The van der Waals surface area contributed by atoms with Crippen molar-refractivity contribution in [3.05, 3.63) is 237 Å². The average Bonchev–Trinajstić information content (AvgIpc) is 3.96. The minimum Gasteiger partial charge on any atom is -0.434 e. The van der Waals surface area contributed by atoms with Gasteiger partial charge in [0.1, 0.15) is 5.52 Å². The second kappa shape index (κ2) is 15.2. The van der Waals surface area contributed by atoms with Crippen molar-refractivity contribution in [3.8, 4) is 50.5 Å². The van der Waals surface area contributed by atoms with Crippen molar-refractivity contribution in [2.75, 3.05) is 4.90 Å². The molecule has 0 radical (unpaired) electrons. The number of para-hydroxylation sites is 2. The normalized spacial score (nSPS) is 11.5. The Kier molecular flexibility index (Phi) is 8.79. The number of benzene rings is 10. The molecule has 0 saturated carbocycles. The zero-order chi connectivity index (χ0) is 41.7. The Morgan fingerprint density at radius 3 is 1.62 bits per heavy atom. The Balaban J connectivity index is 0.972. The first-order valence-electron chi connectivity index (χ1n) is 21.4. The molecule has 0 aliphatic rings. The van der Waals surface area contributed by atoms with E-state index in [0.717, 1.165) is 56.1 Å². The fourth-order valence-electron chi connectivity index (χ4n) is 9.18. The SMILES string of the molecule is c1ccc(-c2cccc(-c3ccc(N(c4ccc(-c5ccc6c(c5)c5c7ccccc7ccc5n6-c5ccccc5)cc4)c4cccc5nc(-c6ccccc6)oc45)cc3)c2)cc1. The maximum Gasteiger partial charge on any atom is 0.227 e. The summed E-state index contributed by atoms with van der Waals surface area (Å²) in [5.74, 6) is 0.596. The summed E-state index contributed by atoms with van der Waals surface area (Å²) in [4.78, 5) is 7.22. The summed E-state index contributed by atoms with van der Waals surface area (Å²) in [6.07, 6.45) is 0. The van der Waals surface area contributed by atoms with E-state index in [1.54, 1.807) is 0 Å². The summed E-state index contributed by atoms with van der Waals surface area (Å²) in [5.41, 5.74) is 15.9. The Morgan fingerprint density at radius 1 is 0.381 bits per heavy atom. The van der Waals surface area contributed by atoms with Crippen molar-refractivity contribution in [1.82, 2.24) is 9.55 Å². The van der Waals surface area contributed by atoms with Crippen molar-refractivity contribution >= 4 is 60.7 Å². The van der Waals surface area contributed by atoms with Crippen LogP contribution in [0, 0.1) is 0 Å². The molecule has 10 aromatic carbocycles. The van der Waals surface area contributed by atoms with Gasteiger partial charge in [0.15, 0.2) is 5.58 Å². The highest BCUT2D eigenvalue weighted by Crippen LogP contribution is 2.43. The van der Waals surface area contributed by atoms with Crippen LogP contribution in [-0.4, -0.2) is 9.55 Å². The number of fused-ring (bicyclic) bond motifs is 6. The molecule has 0 aliphatic carbocycles. The average molecular weight is 806 g/mol. The maximum absolute atomic E-state index is 6.64. The van der Waals surface area contributed by atoms with Gasteiger partial charge in [-0.3, -0.25) is 0 Å². The smallest absolute Gasteiger partial charge is 0.227 e. The highest BCUT2D eigenvalue weighted by Gasteiger charge is 2.21. The molecule has 0 saturated heterocycles. The molecule has 0 bridgehead atoms. The van der Waals surface area contributed by atoms with Crippen molar-refractivity contribution in [2.45, 2.75) is 0 Å². The van der Waals surface area contributed by atoms with E-state index in [1.165, 1.54) is 49.3 Å². The van der Waals surface area contributed by atoms with E-state index in [4.69, 9.17) is 9.40 Å². The molecule has 2 heterocycles. The first-order chi connectivity index (χ1) is 31.2. The maximum atomic E-state index is 6.64. The molecule has 0 aliphatic heterocycles. The largest absolute Gasteiger partial charge is 0.434 e. The summed E-state index contributed by atoms with van der Waals surface area (Å²) >= 11 is 0. The van der Waals surface area contributed by atoms with E-state index in [1.807, 2.05) is 36.4 Å². The molecule has 12 aromatic rings. The molecule has 12 rings (SSSR count). The highest BCUT2D eigenvalue weighted by molar-refractivity contribution is 6.22. The van der Waals surface area contributed by atoms with Crippen LogP contribution in [0.2, 0.25) is 0 Å². The fraction of sp³-hybridized carbons (Fsp3) is 0. The van der Waals surface area contributed by atoms with Gasteiger partial charge in [0.05, 0.1) is 16.7 Å². The van der Waals surface area contributed by atoms with Gasteiger partial charge in [-0.1, -0.05) is 152 Å². The third-order valence-corrected chi connectivity index (χ3v) is 12.2. The number of hydrogen-bond donors (Lipinski definition) is 0. The Hall–Kier alpha value is -8.47. The summed E-state index contributed by atoms with van der Waals surface area (Å²) in [6.45, 7) is 0. The minimum absolute atomic E-state index is 0.596. The zero-order valence-electron chi connectivity index (χ0n) is 34.3.